The summed E-state index contributed by atoms with van der Waals surface area (Å²) >= 11 is 1.39. The van der Waals surface area contributed by atoms with Gasteiger partial charge in [0.15, 0.2) is 6.61 Å². The molecular formula is C11H13F3N2O2S. The molecule has 0 saturated heterocycles. The fraction of sp³-hybridized carbons (Fsp3) is 0.455. The Hall–Kier alpha value is -1.44. The standard InChI is InChI=1S/C11H13F3N2O2S/c1-15-9(17)6-19-5-8-2-3-10(16-4-8)18-7-11(12,13)14/h2-4H,5-7H2,1H3,(H,15,17). The molecule has 1 N–H and O–H groups in total. The number of pyridine rings is 1. The normalized spacial score (nSPS) is 11.2. The van der Waals surface area contributed by atoms with Crippen molar-refractivity contribution in [2.75, 3.05) is 19.4 Å². The maximum atomic E-state index is 11.9. The van der Waals surface area contributed by atoms with E-state index in [9.17, 15) is 18.0 Å². The molecule has 8 heteroatoms. The highest BCUT2D eigenvalue weighted by Gasteiger charge is 2.28. The first-order valence-electron chi connectivity index (χ1n) is 5.33. The maximum Gasteiger partial charge on any atom is 0.422 e. The van der Waals surface area contributed by atoms with E-state index < -0.39 is 12.8 Å². The van der Waals surface area contributed by atoms with E-state index in [1.54, 1.807) is 13.1 Å². The highest BCUT2D eigenvalue weighted by Crippen LogP contribution is 2.18. The Labute approximate surface area is 112 Å². The molecule has 0 aliphatic carbocycles. The molecule has 0 spiro atoms. The molecule has 0 saturated carbocycles. The first-order chi connectivity index (χ1) is 8.90. The van der Waals surface area contributed by atoms with Gasteiger partial charge in [-0.05, 0) is 5.56 Å². The maximum absolute atomic E-state index is 11.9. The summed E-state index contributed by atoms with van der Waals surface area (Å²) in [6.07, 6.45) is -2.94. The van der Waals surface area contributed by atoms with Crippen LogP contribution in [0.1, 0.15) is 5.56 Å². The third-order valence-corrected chi connectivity index (χ3v) is 2.97. The topological polar surface area (TPSA) is 51.2 Å². The Balaban J connectivity index is 2.37. The Morgan fingerprint density at radius 1 is 1.47 bits per heavy atom. The zero-order valence-corrected chi connectivity index (χ0v) is 11.0. The van der Waals surface area contributed by atoms with Crippen LogP contribution in [-0.2, 0) is 10.5 Å². The van der Waals surface area contributed by atoms with Crippen molar-refractivity contribution < 1.29 is 22.7 Å². The van der Waals surface area contributed by atoms with E-state index in [1.807, 2.05) is 0 Å². The van der Waals surface area contributed by atoms with Crippen LogP contribution in [0.4, 0.5) is 13.2 Å². The van der Waals surface area contributed by atoms with Crippen LogP contribution in [0.15, 0.2) is 18.3 Å². The minimum Gasteiger partial charge on any atom is -0.468 e. The van der Waals surface area contributed by atoms with E-state index >= 15 is 0 Å². The highest BCUT2D eigenvalue weighted by atomic mass is 32.2. The Kier molecular flexibility index (Phi) is 5.94. The average molecular weight is 294 g/mol. The van der Waals surface area contributed by atoms with Crippen LogP contribution in [0, 0.1) is 0 Å². The van der Waals surface area contributed by atoms with Crippen LogP contribution in [0.2, 0.25) is 0 Å². The molecule has 0 atom stereocenters. The van der Waals surface area contributed by atoms with Crippen LogP contribution in [-0.4, -0.2) is 36.5 Å². The van der Waals surface area contributed by atoms with Gasteiger partial charge in [-0.15, -0.1) is 11.8 Å². The molecule has 106 valence electrons. The van der Waals surface area contributed by atoms with Gasteiger partial charge in [0.25, 0.3) is 0 Å². The monoisotopic (exact) mass is 294 g/mol. The quantitative estimate of drug-likeness (QED) is 0.872. The molecule has 1 amide bonds. The van der Waals surface area contributed by atoms with E-state index in [4.69, 9.17) is 0 Å². The lowest BCUT2D eigenvalue weighted by molar-refractivity contribution is -0.154. The third-order valence-electron chi connectivity index (χ3n) is 1.96. The number of alkyl halides is 3. The van der Waals surface area contributed by atoms with Crippen molar-refractivity contribution in [1.29, 1.82) is 0 Å². The van der Waals surface area contributed by atoms with Crippen LogP contribution >= 0.6 is 11.8 Å². The lowest BCUT2D eigenvalue weighted by atomic mass is 10.3. The fourth-order valence-corrected chi connectivity index (χ4v) is 1.91. The van der Waals surface area contributed by atoms with E-state index in [1.165, 1.54) is 24.0 Å². The number of halogens is 3. The summed E-state index contributed by atoms with van der Waals surface area (Å²) in [5, 5.41) is 2.49. The zero-order chi connectivity index (χ0) is 14.3. The number of rotatable bonds is 6. The van der Waals surface area contributed by atoms with Crippen molar-refractivity contribution in [1.82, 2.24) is 10.3 Å². The smallest absolute Gasteiger partial charge is 0.422 e. The Morgan fingerprint density at radius 2 is 2.21 bits per heavy atom. The molecule has 1 heterocycles. The van der Waals surface area contributed by atoms with Gasteiger partial charge in [0.2, 0.25) is 11.8 Å². The van der Waals surface area contributed by atoms with Gasteiger partial charge in [-0.1, -0.05) is 6.07 Å². The summed E-state index contributed by atoms with van der Waals surface area (Å²) in [7, 11) is 1.55. The number of hydrogen-bond acceptors (Lipinski definition) is 4. The molecule has 1 aromatic rings. The van der Waals surface area contributed by atoms with Crippen LogP contribution < -0.4 is 10.1 Å². The summed E-state index contributed by atoms with van der Waals surface area (Å²) < 4.78 is 40.2. The van der Waals surface area contributed by atoms with Gasteiger partial charge in [0, 0.05) is 25.1 Å². The van der Waals surface area contributed by atoms with Gasteiger partial charge in [-0.25, -0.2) is 4.98 Å². The SMILES string of the molecule is CNC(=O)CSCc1ccc(OCC(F)(F)F)nc1. The second-order valence-corrected chi connectivity index (χ2v) is 4.56. The van der Waals surface area contributed by atoms with Gasteiger partial charge < -0.3 is 10.1 Å². The molecule has 0 radical (unpaired) electrons. The van der Waals surface area contributed by atoms with Gasteiger partial charge in [0.1, 0.15) is 0 Å². The van der Waals surface area contributed by atoms with Gasteiger partial charge in [-0.2, -0.15) is 13.2 Å². The number of thioether (sulfide) groups is 1. The fourth-order valence-electron chi connectivity index (χ4n) is 1.07. The molecule has 0 unspecified atom stereocenters. The summed E-state index contributed by atoms with van der Waals surface area (Å²) in [6.45, 7) is -1.36. The van der Waals surface area contributed by atoms with Crippen molar-refractivity contribution >= 4 is 17.7 Å². The van der Waals surface area contributed by atoms with Crippen LogP contribution in [0.5, 0.6) is 5.88 Å². The number of ether oxygens (including phenoxy) is 1. The number of nitrogens with one attached hydrogen (secondary N) is 1. The average Bonchev–Trinajstić information content (AvgIpc) is 2.36. The predicted molar refractivity (Wildman–Crippen MR) is 66.0 cm³/mol. The molecule has 4 nitrogen and oxygen atoms in total. The Bertz CT molecular complexity index is 409. The second-order valence-electron chi connectivity index (χ2n) is 3.57. The molecule has 1 rings (SSSR count). The summed E-state index contributed by atoms with van der Waals surface area (Å²) in [5.74, 6) is 0.725. The minimum atomic E-state index is -4.37. The van der Waals surface area contributed by atoms with E-state index in [0.717, 1.165) is 5.56 Å². The summed E-state index contributed by atoms with van der Waals surface area (Å²) in [4.78, 5) is 14.7. The Morgan fingerprint density at radius 3 is 2.74 bits per heavy atom. The van der Waals surface area contributed by atoms with Crippen molar-refractivity contribution in [2.24, 2.45) is 0 Å². The molecule has 19 heavy (non-hydrogen) atoms. The van der Waals surface area contributed by atoms with E-state index in [-0.39, 0.29) is 11.8 Å². The zero-order valence-electron chi connectivity index (χ0n) is 10.2. The molecular weight excluding hydrogens is 281 g/mol. The van der Waals surface area contributed by atoms with Gasteiger partial charge >= 0.3 is 6.18 Å². The molecule has 0 fully saturated rings. The number of hydrogen-bond donors (Lipinski definition) is 1. The molecule has 1 aromatic heterocycles. The van der Waals surface area contributed by atoms with E-state index in [0.29, 0.717) is 11.5 Å². The van der Waals surface area contributed by atoms with Crippen LogP contribution in [0.25, 0.3) is 0 Å². The number of carbonyl (C=O) groups is 1. The summed E-state index contributed by atoms with van der Waals surface area (Å²) in [5.41, 5.74) is 0.813. The first-order valence-corrected chi connectivity index (χ1v) is 6.49. The molecule has 0 aliphatic heterocycles. The lowest BCUT2D eigenvalue weighted by Crippen LogP contribution is -2.20. The summed E-state index contributed by atoms with van der Waals surface area (Å²) in [6, 6.07) is 3.00. The minimum absolute atomic E-state index is 0.0719. The van der Waals surface area contributed by atoms with Crippen molar-refractivity contribution in [3.05, 3.63) is 23.9 Å². The van der Waals surface area contributed by atoms with Gasteiger partial charge in [0.05, 0.1) is 5.75 Å². The number of amides is 1. The largest absolute Gasteiger partial charge is 0.468 e. The molecule has 0 aromatic carbocycles. The first kappa shape index (κ1) is 15.6. The molecule has 0 aliphatic rings. The molecule has 0 bridgehead atoms. The van der Waals surface area contributed by atoms with Gasteiger partial charge in [-0.3, -0.25) is 4.79 Å². The predicted octanol–water partition coefficient (Wildman–Crippen LogP) is 2.00. The van der Waals surface area contributed by atoms with Crippen LogP contribution in [0.3, 0.4) is 0 Å². The second kappa shape index (κ2) is 7.22. The lowest BCUT2D eigenvalue weighted by Gasteiger charge is -2.08. The number of carbonyl (C=O) groups excluding carboxylic acids is 1. The van der Waals surface area contributed by atoms with Crippen molar-refractivity contribution in [3.63, 3.8) is 0 Å². The van der Waals surface area contributed by atoms with E-state index in [2.05, 4.69) is 15.0 Å². The highest BCUT2D eigenvalue weighted by molar-refractivity contribution is 7.99. The van der Waals surface area contributed by atoms with Crippen molar-refractivity contribution in [3.8, 4) is 5.88 Å². The number of aromatic nitrogens is 1. The third kappa shape index (κ3) is 6.90. The van der Waals surface area contributed by atoms with Crippen molar-refractivity contribution in [2.45, 2.75) is 11.9 Å². The number of nitrogens with zero attached hydrogens (tertiary/aromatic N) is 1.